The van der Waals surface area contributed by atoms with Gasteiger partial charge in [0.25, 0.3) is 0 Å². The largest absolute Gasteiger partial charge is 0.383 e. The van der Waals surface area contributed by atoms with Crippen molar-refractivity contribution in [3.8, 4) is 0 Å². The first-order valence-electron chi connectivity index (χ1n) is 6.66. The van der Waals surface area contributed by atoms with Crippen molar-refractivity contribution in [3.05, 3.63) is 47.8 Å². The van der Waals surface area contributed by atoms with E-state index in [-0.39, 0.29) is 5.92 Å². The van der Waals surface area contributed by atoms with E-state index in [1.807, 2.05) is 16.9 Å². The molecular weight excluding hydrogens is 238 g/mol. The van der Waals surface area contributed by atoms with Gasteiger partial charge >= 0.3 is 0 Å². The summed E-state index contributed by atoms with van der Waals surface area (Å²) in [7, 11) is 1.69. The van der Waals surface area contributed by atoms with E-state index in [2.05, 4.69) is 48.4 Å². The summed E-state index contributed by atoms with van der Waals surface area (Å²) in [5.74, 6) is 0.771. The Morgan fingerprint density at radius 1 is 1.21 bits per heavy atom. The zero-order chi connectivity index (χ0) is 13.7. The quantitative estimate of drug-likeness (QED) is 0.800. The molecule has 0 radical (unpaired) electrons. The zero-order valence-corrected chi connectivity index (χ0v) is 11.8. The summed E-state index contributed by atoms with van der Waals surface area (Å²) < 4.78 is 6.90. The molecule has 0 spiro atoms. The molecule has 2 aromatic rings. The molecular formula is C15H21N3O. The molecule has 1 aromatic heterocycles. The van der Waals surface area contributed by atoms with E-state index in [4.69, 9.17) is 4.74 Å². The molecule has 0 N–H and O–H groups in total. The van der Waals surface area contributed by atoms with Crippen LogP contribution in [0.15, 0.2) is 36.5 Å². The first-order chi connectivity index (χ1) is 9.22. The summed E-state index contributed by atoms with van der Waals surface area (Å²) in [6.07, 6.45) is 2.02. The summed E-state index contributed by atoms with van der Waals surface area (Å²) in [4.78, 5) is 0. The van der Waals surface area contributed by atoms with Gasteiger partial charge in [0.1, 0.15) is 0 Å². The van der Waals surface area contributed by atoms with Crippen molar-refractivity contribution in [2.24, 2.45) is 5.92 Å². The molecule has 4 heteroatoms. The fourth-order valence-corrected chi connectivity index (χ4v) is 2.31. The molecule has 4 nitrogen and oxygen atoms in total. The first kappa shape index (κ1) is 13.7. The van der Waals surface area contributed by atoms with Gasteiger partial charge in [0.2, 0.25) is 0 Å². The molecule has 0 aliphatic rings. The summed E-state index contributed by atoms with van der Waals surface area (Å²) in [6, 6.07) is 10.5. The van der Waals surface area contributed by atoms with E-state index in [1.165, 1.54) is 5.56 Å². The maximum atomic E-state index is 5.06. The minimum Gasteiger partial charge on any atom is -0.383 e. The molecule has 1 unspecified atom stereocenters. The van der Waals surface area contributed by atoms with Gasteiger partial charge in [-0.2, -0.15) is 0 Å². The van der Waals surface area contributed by atoms with Crippen LogP contribution < -0.4 is 0 Å². The van der Waals surface area contributed by atoms with Crippen molar-refractivity contribution < 1.29 is 4.74 Å². The lowest BCUT2D eigenvalue weighted by Gasteiger charge is -2.18. The third kappa shape index (κ3) is 3.41. The van der Waals surface area contributed by atoms with Crippen LogP contribution in [0.3, 0.4) is 0 Å². The minimum atomic E-state index is 0.289. The Balaban J connectivity index is 2.22. The Morgan fingerprint density at radius 3 is 2.58 bits per heavy atom. The van der Waals surface area contributed by atoms with Crippen LogP contribution in [0.4, 0.5) is 0 Å². The van der Waals surface area contributed by atoms with Crippen molar-refractivity contribution in [2.75, 3.05) is 13.7 Å². The second kappa shape index (κ2) is 6.48. The average Bonchev–Trinajstić information content (AvgIpc) is 2.86. The lowest BCUT2D eigenvalue weighted by molar-refractivity contribution is 0.183. The molecule has 0 bridgehead atoms. The number of rotatable bonds is 6. The highest BCUT2D eigenvalue weighted by Crippen LogP contribution is 2.29. The van der Waals surface area contributed by atoms with Gasteiger partial charge in [-0.1, -0.05) is 49.4 Å². The number of methoxy groups -OCH3 is 1. The van der Waals surface area contributed by atoms with Crippen LogP contribution in [-0.4, -0.2) is 28.7 Å². The number of nitrogens with zero attached hydrogens (tertiary/aromatic N) is 3. The van der Waals surface area contributed by atoms with Crippen molar-refractivity contribution in [2.45, 2.75) is 26.3 Å². The molecule has 1 atom stereocenters. The van der Waals surface area contributed by atoms with Crippen molar-refractivity contribution in [1.29, 1.82) is 0 Å². The van der Waals surface area contributed by atoms with Gasteiger partial charge in [-0.25, -0.2) is 4.68 Å². The highest BCUT2D eigenvalue weighted by atomic mass is 16.5. The van der Waals surface area contributed by atoms with Gasteiger partial charge in [-0.3, -0.25) is 0 Å². The number of benzene rings is 1. The summed E-state index contributed by atoms with van der Waals surface area (Å²) in [6.45, 7) is 5.82. The van der Waals surface area contributed by atoms with Crippen LogP contribution in [-0.2, 0) is 11.3 Å². The fourth-order valence-electron chi connectivity index (χ4n) is 2.31. The van der Waals surface area contributed by atoms with Crippen molar-refractivity contribution in [1.82, 2.24) is 15.0 Å². The van der Waals surface area contributed by atoms with E-state index in [0.29, 0.717) is 12.5 Å². The Morgan fingerprint density at radius 2 is 1.95 bits per heavy atom. The monoisotopic (exact) mass is 259 g/mol. The molecule has 0 fully saturated rings. The standard InChI is InChI=1S/C15H21N3O/c1-12(2)15(13-7-5-4-6-8-13)14-11-18(17-16-14)9-10-19-3/h4-8,11-12,15H,9-10H2,1-3H3. The SMILES string of the molecule is COCCn1cc(C(c2ccccc2)C(C)C)nn1. The summed E-state index contributed by atoms with van der Waals surface area (Å²) in [5.41, 5.74) is 2.31. The molecule has 19 heavy (non-hydrogen) atoms. The first-order valence-corrected chi connectivity index (χ1v) is 6.66. The van der Waals surface area contributed by atoms with Crippen LogP contribution in [0.25, 0.3) is 0 Å². The normalized spacial score (nSPS) is 12.8. The predicted octanol–water partition coefficient (Wildman–Crippen LogP) is 2.71. The summed E-state index contributed by atoms with van der Waals surface area (Å²) in [5, 5.41) is 8.49. The lowest BCUT2D eigenvalue weighted by atomic mass is 9.86. The molecule has 0 aliphatic heterocycles. The lowest BCUT2D eigenvalue weighted by Crippen LogP contribution is -2.09. The van der Waals surface area contributed by atoms with E-state index in [0.717, 1.165) is 12.2 Å². The Hall–Kier alpha value is -1.68. The molecule has 1 aromatic carbocycles. The highest BCUT2D eigenvalue weighted by Gasteiger charge is 2.21. The second-order valence-corrected chi connectivity index (χ2v) is 5.03. The zero-order valence-electron chi connectivity index (χ0n) is 11.8. The van der Waals surface area contributed by atoms with Gasteiger partial charge in [-0.15, -0.1) is 5.10 Å². The molecule has 0 aliphatic carbocycles. The van der Waals surface area contributed by atoms with Gasteiger partial charge in [0, 0.05) is 19.2 Å². The van der Waals surface area contributed by atoms with E-state index in [9.17, 15) is 0 Å². The highest BCUT2D eigenvalue weighted by molar-refractivity contribution is 5.27. The van der Waals surface area contributed by atoms with E-state index >= 15 is 0 Å². The number of hydrogen-bond acceptors (Lipinski definition) is 3. The molecule has 1 heterocycles. The van der Waals surface area contributed by atoms with Gasteiger partial charge in [0.15, 0.2) is 0 Å². The maximum Gasteiger partial charge on any atom is 0.0904 e. The van der Waals surface area contributed by atoms with Gasteiger partial charge in [0.05, 0.1) is 18.8 Å². The smallest absolute Gasteiger partial charge is 0.0904 e. The molecule has 0 amide bonds. The van der Waals surface area contributed by atoms with Crippen LogP contribution in [0, 0.1) is 5.92 Å². The fraction of sp³-hybridized carbons (Fsp3) is 0.467. The van der Waals surface area contributed by atoms with Crippen LogP contribution in [0.1, 0.15) is 31.0 Å². The number of ether oxygens (including phenoxy) is 1. The van der Waals surface area contributed by atoms with Crippen LogP contribution >= 0.6 is 0 Å². The predicted molar refractivity (Wildman–Crippen MR) is 75.0 cm³/mol. The topological polar surface area (TPSA) is 39.9 Å². The van der Waals surface area contributed by atoms with E-state index < -0.39 is 0 Å². The molecule has 0 saturated carbocycles. The molecule has 0 saturated heterocycles. The van der Waals surface area contributed by atoms with Crippen molar-refractivity contribution in [3.63, 3.8) is 0 Å². The third-order valence-corrected chi connectivity index (χ3v) is 3.22. The summed E-state index contributed by atoms with van der Waals surface area (Å²) >= 11 is 0. The average molecular weight is 259 g/mol. The maximum absolute atomic E-state index is 5.06. The molecule has 2 rings (SSSR count). The van der Waals surface area contributed by atoms with Crippen LogP contribution in [0.2, 0.25) is 0 Å². The molecule has 102 valence electrons. The number of aromatic nitrogens is 3. The van der Waals surface area contributed by atoms with Crippen molar-refractivity contribution >= 4 is 0 Å². The Labute approximate surface area is 114 Å². The number of hydrogen-bond donors (Lipinski definition) is 0. The van der Waals surface area contributed by atoms with Gasteiger partial charge < -0.3 is 4.74 Å². The van der Waals surface area contributed by atoms with Crippen LogP contribution in [0.5, 0.6) is 0 Å². The Kier molecular flexibility index (Phi) is 4.68. The second-order valence-electron chi connectivity index (χ2n) is 5.03. The minimum absolute atomic E-state index is 0.289. The third-order valence-electron chi connectivity index (χ3n) is 3.22. The Bertz CT molecular complexity index is 493. The van der Waals surface area contributed by atoms with Gasteiger partial charge in [-0.05, 0) is 11.5 Å². The van der Waals surface area contributed by atoms with E-state index in [1.54, 1.807) is 7.11 Å².